The molecule has 0 spiro atoms. The molecule has 2 aromatic carbocycles. The fourth-order valence-corrected chi connectivity index (χ4v) is 4.47. The van der Waals surface area contributed by atoms with E-state index in [0.717, 1.165) is 49.4 Å². The van der Waals surface area contributed by atoms with Crippen molar-refractivity contribution in [3.05, 3.63) is 65.2 Å². The van der Waals surface area contributed by atoms with Crippen molar-refractivity contribution < 1.29 is 14.3 Å². The molecule has 0 radical (unpaired) electrons. The minimum absolute atomic E-state index is 0.0416. The number of nitrogens with one attached hydrogen (secondary N) is 1. The van der Waals surface area contributed by atoms with Crippen LogP contribution in [-0.2, 0) is 11.3 Å². The highest BCUT2D eigenvalue weighted by molar-refractivity contribution is 6.02. The number of rotatable bonds is 6. The van der Waals surface area contributed by atoms with Gasteiger partial charge in [0, 0.05) is 50.0 Å². The first-order chi connectivity index (χ1) is 14.1. The van der Waals surface area contributed by atoms with E-state index >= 15 is 0 Å². The van der Waals surface area contributed by atoms with Gasteiger partial charge in [0.25, 0.3) is 0 Å². The normalized spacial score (nSPS) is 19.8. The number of fused-ring (bicyclic) bond motifs is 1. The molecule has 1 aliphatic heterocycles. The summed E-state index contributed by atoms with van der Waals surface area (Å²) in [6.07, 6.45) is 2.70. The number of methoxy groups -OCH3 is 1. The summed E-state index contributed by atoms with van der Waals surface area (Å²) >= 11 is 0. The van der Waals surface area contributed by atoms with E-state index in [1.807, 2.05) is 24.3 Å². The number of benzene rings is 2. The Morgan fingerprint density at radius 1 is 1.14 bits per heavy atom. The summed E-state index contributed by atoms with van der Waals surface area (Å²) in [5.41, 5.74) is 3.01. The highest BCUT2D eigenvalue weighted by atomic mass is 16.5. The molecule has 0 aromatic heterocycles. The molecule has 0 bridgehead atoms. The maximum absolute atomic E-state index is 12.6. The molecule has 1 saturated heterocycles. The zero-order chi connectivity index (χ0) is 20.2. The van der Waals surface area contributed by atoms with Crippen LogP contribution in [0, 0.1) is 0 Å². The lowest BCUT2D eigenvalue weighted by molar-refractivity contribution is -0.122. The molecule has 1 fully saturated rings. The number of Topliss-reactive ketones (excluding diaryl/α,β-unsaturated/α-hetero) is 1. The summed E-state index contributed by atoms with van der Waals surface area (Å²) in [5.74, 6) is 0.843. The summed E-state index contributed by atoms with van der Waals surface area (Å²) in [6, 6.07) is 16.2. The predicted molar refractivity (Wildman–Crippen MR) is 112 cm³/mol. The highest BCUT2D eigenvalue weighted by Gasteiger charge is 2.32. The van der Waals surface area contributed by atoms with E-state index in [0.29, 0.717) is 12.8 Å². The van der Waals surface area contributed by atoms with Gasteiger partial charge in [0.2, 0.25) is 5.91 Å². The van der Waals surface area contributed by atoms with Gasteiger partial charge in [-0.05, 0) is 42.2 Å². The number of piperidine rings is 1. The molecule has 5 nitrogen and oxygen atoms in total. The molecule has 29 heavy (non-hydrogen) atoms. The van der Waals surface area contributed by atoms with Crippen molar-refractivity contribution in [3.8, 4) is 5.75 Å². The monoisotopic (exact) mass is 392 g/mol. The number of nitrogens with zero attached hydrogens (tertiary/aromatic N) is 1. The minimum Gasteiger partial charge on any atom is -0.497 e. The summed E-state index contributed by atoms with van der Waals surface area (Å²) in [4.78, 5) is 27.3. The van der Waals surface area contributed by atoms with Crippen LogP contribution in [0.15, 0.2) is 48.5 Å². The van der Waals surface area contributed by atoms with Gasteiger partial charge >= 0.3 is 0 Å². The highest BCUT2D eigenvalue weighted by Crippen LogP contribution is 2.37. The van der Waals surface area contributed by atoms with Gasteiger partial charge in [-0.2, -0.15) is 0 Å². The third-order valence-electron chi connectivity index (χ3n) is 6.06. The third-order valence-corrected chi connectivity index (χ3v) is 6.06. The first-order valence-electron chi connectivity index (χ1n) is 10.4. The fourth-order valence-electron chi connectivity index (χ4n) is 4.47. The van der Waals surface area contributed by atoms with Crippen LogP contribution in [0.2, 0.25) is 0 Å². The Balaban J connectivity index is 1.28. The van der Waals surface area contributed by atoms with Crippen LogP contribution in [0.1, 0.15) is 53.1 Å². The van der Waals surface area contributed by atoms with Crippen LogP contribution in [0.3, 0.4) is 0 Å². The Kier molecular flexibility index (Phi) is 5.95. The third kappa shape index (κ3) is 4.67. The second-order valence-corrected chi connectivity index (χ2v) is 8.09. The van der Waals surface area contributed by atoms with Crippen LogP contribution in [0.4, 0.5) is 0 Å². The van der Waals surface area contributed by atoms with Crippen molar-refractivity contribution in [1.29, 1.82) is 0 Å². The van der Waals surface area contributed by atoms with Crippen molar-refractivity contribution in [3.63, 3.8) is 0 Å². The Bertz CT molecular complexity index is 873. The second kappa shape index (κ2) is 8.78. The Hall–Kier alpha value is -2.66. The Morgan fingerprint density at radius 2 is 1.90 bits per heavy atom. The lowest BCUT2D eigenvalue weighted by Gasteiger charge is -2.32. The van der Waals surface area contributed by atoms with Crippen LogP contribution in [-0.4, -0.2) is 42.8 Å². The molecule has 1 heterocycles. The largest absolute Gasteiger partial charge is 0.497 e. The molecule has 2 aromatic rings. The maximum atomic E-state index is 12.6. The predicted octanol–water partition coefficient (Wildman–Crippen LogP) is 3.54. The smallest absolute Gasteiger partial charge is 0.220 e. The average molecular weight is 392 g/mol. The van der Waals surface area contributed by atoms with Gasteiger partial charge in [0.15, 0.2) is 5.78 Å². The van der Waals surface area contributed by atoms with E-state index in [1.54, 1.807) is 7.11 Å². The minimum atomic E-state index is -0.0502. The van der Waals surface area contributed by atoms with Gasteiger partial charge in [-0.25, -0.2) is 0 Å². The van der Waals surface area contributed by atoms with Gasteiger partial charge < -0.3 is 10.1 Å². The molecule has 4 rings (SSSR count). The number of ether oxygens (including phenoxy) is 1. The van der Waals surface area contributed by atoms with E-state index in [9.17, 15) is 9.59 Å². The van der Waals surface area contributed by atoms with Gasteiger partial charge in [-0.3, -0.25) is 14.5 Å². The van der Waals surface area contributed by atoms with Crippen molar-refractivity contribution in [2.75, 3.05) is 20.2 Å². The Morgan fingerprint density at radius 3 is 2.62 bits per heavy atom. The Labute approximate surface area is 172 Å². The van der Waals surface area contributed by atoms with E-state index in [-0.39, 0.29) is 23.7 Å². The average Bonchev–Trinajstić information content (AvgIpc) is 3.04. The SMILES string of the molecule is COc1ccc2c(c1)C(CC(=O)NC1CCN(Cc3ccccc3)CC1)CC2=O. The zero-order valence-corrected chi connectivity index (χ0v) is 16.9. The summed E-state index contributed by atoms with van der Waals surface area (Å²) < 4.78 is 5.29. The molecule has 1 amide bonds. The number of carbonyl (C=O) groups excluding carboxylic acids is 2. The number of likely N-dealkylation sites (tertiary alicyclic amines) is 1. The first-order valence-corrected chi connectivity index (χ1v) is 10.4. The zero-order valence-electron chi connectivity index (χ0n) is 16.9. The quantitative estimate of drug-likeness (QED) is 0.817. The molecule has 2 aliphatic rings. The molecule has 152 valence electrons. The summed E-state index contributed by atoms with van der Waals surface area (Å²) in [6.45, 7) is 2.94. The van der Waals surface area contributed by atoms with Crippen molar-refractivity contribution in [2.45, 2.75) is 44.2 Å². The van der Waals surface area contributed by atoms with Gasteiger partial charge in [-0.1, -0.05) is 30.3 Å². The topological polar surface area (TPSA) is 58.6 Å². The number of hydrogen-bond donors (Lipinski definition) is 1. The standard InChI is InChI=1S/C24H28N2O3/c1-29-20-7-8-21-22(15-20)18(13-23(21)27)14-24(28)25-19-9-11-26(12-10-19)16-17-5-3-2-4-6-17/h2-8,15,18-19H,9-14,16H2,1H3,(H,25,28). The number of ketones is 1. The molecule has 5 heteroatoms. The lowest BCUT2D eigenvalue weighted by Crippen LogP contribution is -2.44. The van der Waals surface area contributed by atoms with Gasteiger partial charge in [0.1, 0.15) is 5.75 Å². The van der Waals surface area contributed by atoms with Gasteiger partial charge in [0.05, 0.1) is 7.11 Å². The second-order valence-electron chi connectivity index (χ2n) is 8.09. The first kappa shape index (κ1) is 19.6. The van der Waals surface area contributed by atoms with Crippen molar-refractivity contribution >= 4 is 11.7 Å². The molecular formula is C24H28N2O3. The van der Waals surface area contributed by atoms with Crippen molar-refractivity contribution in [1.82, 2.24) is 10.2 Å². The molecule has 1 N–H and O–H groups in total. The summed E-state index contributed by atoms with van der Waals surface area (Å²) in [5, 5.41) is 3.20. The molecular weight excluding hydrogens is 364 g/mol. The summed E-state index contributed by atoms with van der Waals surface area (Å²) in [7, 11) is 1.62. The number of amides is 1. The fraction of sp³-hybridized carbons (Fsp3) is 0.417. The number of carbonyl (C=O) groups is 2. The van der Waals surface area contributed by atoms with E-state index in [1.165, 1.54) is 5.56 Å². The molecule has 0 saturated carbocycles. The molecule has 1 aliphatic carbocycles. The number of hydrogen-bond acceptors (Lipinski definition) is 4. The lowest BCUT2D eigenvalue weighted by atomic mass is 9.96. The van der Waals surface area contributed by atoms with E-state index in [2.05, 4.69) is 34.5 Å². The van der Waals surface area contributed by atoms with Crippen LogP contribution < -0.4 is 10.1 Å². The molecule has 1 atom stereocenters. The van der Waals surface area contributed by atoms with Gasteiger partial charge in [-0.15, -0.1) is 0 Å². The van der Waals surface area contributed by atoms with E-state index < -0.39 is 0 Å². The maximum Gasteiger partial charge on any atom is 0.220 e. The van der Waals surface area contributed by atoms with Crippen molar-refractivity contribution in [2.24, 2.45) is 0 Å². The van der Waals surface area contributed by atoms with Crippen LogP contribution in [0.5, 0.6) is 5.75 Å². The van der Waals surface area contributed by atoms with E-state index in [4.69, 9.17) is 4.74 Å². The molecule has 1 unspecified atom stereocenters. The van der Waals surface area contributed by atoms with Crippen LogP contribution >= 0.6 is 0 Å². The van der Waals surface area contributed by atoms with Crippen LogP contribution in [0.25, 0.3) is 0 Å².